The molecule has 0 spiro atoms. The number of rotatable bonds is 7. The number of aliphatic carboxylic acids is 1. The van der Waals surface area contributed by atoms with Gasteiger partial charge in [-0.1, -0.05) is 50.3 Å². The second kappa shape index (κ2) is 11.1. The van der Waals surface area contributed by atoms with Gasteiger partial charge in [0.15, 0.2) is 5.57 Å². The van der Waals surface area contributed by atoms with E-state index in [1.165, 1.54) is 11.6 Å². The molecule has 4 rings (SSSR count). The summed E-state index contributed by atoms with van der Waals surface area (Å²) in [6.45, 7) is 9.96. The number of aryl methyl sites for hydroxylation is 1. The summed E-state index contributed by atoms with van der Waals surface area (Å²) in [4.78, 5) is 39.5. The maximum absolute atomic E-state index is 13.2. The van der Waals surface area contributed by atoms with Crippen LogP contribution in [0.2, 0.25) is 0 Å². The summed E-state index contributed by atoms with van der Waals surface area (Å²) in [7, 11) is 0. The SMILES string of the molecule is C=CCOC(=O)/C(C#N)=c1/s/c(=C/c2ccc3c(c2)C(C)(C)CCN3c2ccc(C)cc2)c(=O)n1CC(=O)O. The Kier molecular flexibility index (Phi) is 7.88. The summed E-state index contributed by atoms with van der Waals surface area (Å²) in [5.74, 6) is -2.22. The van der Waals surface area contributed by atoms with E-state index >= 15 is 0 Å². The molecule has 9 heteroatoms. The number of carboxylic acids is 1. The molecule has 2 aromatic carbocycles. The molecule has 1 aromatic heterocycles. The van der Waals surface area contributed by atoms with Gasteiger partial charge in [0.25, 0.3) is 5.56 Å². The number of hydrogen-bond acceptors (Lipinski definition) is 7. The van der Waals surface area contributed by atoms with E-state index in [0.29, 0.717) is 0 Å². The molecule has 0 fully saturated rings. The predicted octanol–water partition coefficient (Wildman–Crippen LogP) is 3.35. The van der Waals surface area contributed by atoms with Gasteiger partial charge in [-0.3, -0.25) is 14.2 Å². The van der Waals surface area contributed by atoms with Gasteiger partial charge < -0.3 is 14.7 Å². The molecule has 1 aliphatic heterocycles. The second-order valence-corrected chi connectivity index (χ2v) is 11.0. The van der Waals surface area contributed by atoms with Crippen LogP contribution in [0.3, 0.4) is 0 Å². The maximum atomic E-state index is 13.2. The Morgan fingerprint density at radius 1 is 1.23 bits per heavy atom. The highest BCUT2D eigenvalue weighted by Crippen LogP contribution is 2.43. The highest BCUT2D eigenvalue weighted by Gasteiger charge is 2.32. The first-order chi connectivity index (χ1) is 18.6. The summed E-state index contributed by atoms with van der Waals surface area (Å²) in [5, 5.41) is 19.0. The van der Waals surface area contributed by atoms with Crippen molar-refractivity contribution in [3.05, 3.63) is 91.4 Å². The number of carboxylic acid groups (broad SMARTS) is 1. The molecule has 0 saturated carbocycles. The van der Waals surface area contributed by atoms with Crippen LogP contribution in [0.15, 0.2) is 59.9 Å². The van der Waals surface area contributed by atoms with Gasteiger partial charge in [-0.15, -0.1) is 11.3 Å². The molecule has 39 heavy (non-hydrogen) atoms. The molecule has 0 radical (unpaired) electrons. The van der Waals surface area contributed by atoms with Crippen LogP contribution in [0.1, 0.15) is 37.0 Å². The summed E-state index contributed by atoms with van der Waals surface area (Å²) in [5.41, 5.74) is 4.14. The average Bonchev–Trinajstić information content (AvgIpc) is 3.18. The van der Waals surface area contributed by atoms with E-state index in [1.807, 2.05) is 18.2 Å². The van der Waals surface area contributed by atoms with Crippen molar-refractivity contribution < 1.29 is 19.4 Å². The molecule has 8 nitrogen and oxygen atoms in total. The van der Waals surface area contributed by atoms with Gasteiger partial charge in [0.2, 0.25) is 0 Å². The number of benzene rings is 2. The number of carbonyl (C=O) groups is 2. The molecular formula is C30H29N3O5S. The van der Waals surface area contributed by atoms with E-state index in [2.05, 4.69) is 56.5 Å². The van der Waals surface area contributed by atoms with Crippen molar-refractivity contribution in [1.29, 1.82) is 5.26 Å². The van der Waals surface area contributed by atoms with Crippen molar-refractivity contribution in [3.63, 3.8) is 0 Å². The zero-order valence-electron chi connectivity index (χ0n) is 22.1. The highest BCUT2D eigenvalue weighted by molar-refractivity contribution is 7.07. The molecule has 1 aliphatic rings. The van der Waals surface area contributed by atoms with E-state index in [1.54, 1.807) is 12.1 Å². The van der Waals surface area contributed by atoms with Crippen LogP contribution in [-0.2, 0) is 26.3 Å². The fraction of sp³-hybridized carbons (Fsp3) is 0.267. The van der Waals surface area contributed by atoms with Gasteiger partial charge in [-0.25, -0.2) is 4.79 Å². The Labute approximate surface area is 230 Å². The number of hydrogen-bond donors (Lipinski definition) is 1. The molecule has 1 N–H and O–H groups in total. The molecule has 3 aromatic rings. The summed E-state index contributed by atoms with van der Waals surface area (Å²) >= 11 is 0.888. The third kappa shape index (κ3) is 5.71. The first-order valence-electron chi connectivity index (χ1n) is 12.4. The van der Waals surface area contributed by atoms with Crippen molar-refractivity contribution >= 4 is 46.3 Å². The monoisotopic (exact) mass is 543 g/mol. The minimum absolute atomic E-state index is 0.0611. The van der Waals surface area contributed by atoms with E-state index in [-0.39, 0.29) is 21.2 Å². The minimum atomic E-state index is -1.27. The van der Waals surface area contributed by atoms with Crippen LogP contribution in [0, 0.1) is 18.3 Å². The largest absolute Gasteiger partial charge is 0.480 e. The predicted molar refractivity (Wildman–Crippen MR) is 151 cm³/mol. The molecular weight excluding hydrogens is 514 g/mol. The number of anilines is 2. The van der Waals surface area contributed by atoms with Gasteiger partial charge in [-0.2, -0.15) is 5.26 Å². The quantitative estimate of drug-likeness (QED) is 0.359. The topological polar surface area (TPSA) is 113 Å². The fourth-order valence-electron chi connectivity index (χ4n) is 4.58. The minimum Gasteiger partial charge on any atom is -0.480 e. The Hall–Kier alpha value is -4.42. The molecule has 0 saturated heterocycles. The van der Waals surface area contributed by atoms with Crippen molar-refractivity contribution in [2.75, 3.05) is 18.1 Å². The number of esters is 1. The molecule has 2 heterocycles. The van der Waals surface area contributed by atoms with E-state index in [4.69, 9.17) is 4.74 Å². The fourth-order valence-corrected chi connectivity index (χ4v) is 5.67. The third-order valence-electron chi connectivity index (χ3n) is 6.71. The van der Waals surface area contributed by atoms with E-state index < -0.39 is 29.6 Å². The summed E-state index contributed by atoms with van der Waals surface area (Å²) in [6, 6.07) is 16.2. The Balaban J connectivity index is 1.87. The smallest absolute Gasteiger partial charge is 0.352 e. The zero-order valence-corrected chi connectivity index (χ0v) is 22.9. The van der Waals surface area contributed by atoms with Crippen molar-refractivity contribution in [1.82, 2.24) is 4.57 Å². The van der Waals surface area contributed by atoms with Crippen molar-refractivity contribution in [2.45, 2.75) is 39.2 Å². The van der Waals surface area contributed by atoms with Gasteiger partial charge >= 0.3 is 11.9 Å². The number of nitrogens with zero attached hydrogens (tertiary/aromatic N) is 3. The lowest BCUT2D eigenvalue weighted by Crippen LogP contribution is -2.35. The van der Waals surface area contributed by atoms with Crippen LogP contribution < -0.4 is 19.7 Å². The van der Waals surface area contributed by atoms with Gasteiger partial charge in [0.1, 0.15) is 23.9 Å². The Bertz CT molecular complexity index is 1670. The van der Waals surface area contributed by atoms with Gasteiger partial charge in [0, 0.05) is 17.9 Å². The summed E-state index contributed by atoms with van der Waals surface area (Å²) < 4.78 is 6.05. The van der Waals surface area contributed by atoms with Crippen LogP contribution in [0.4, 0.5) is 11.4 Å². The third-order valence-corrected chi connectivity index (χ3v) is 7.84. The number of ether oxygens (including phenoxy) is 1. The standard InChI is InChI=1S/C30H29N3O5S/c1-5-14-38-29(37)22(17-31)28-33(18-26(34)35)27(36)25(39-28)16-20-8-11-24-23(15-20)30(3,4)12-13-32(24)21-9-6-19(2)7-10-21/h5-11,15-16H,1,12-14,18H2,2-4H3,(H,34,35)/b25-16+,28-22+. The lowest BCUT2D eigenvalue weighted by atomic mass is 9.77. The van der Waals surface area contributed by atoms with E-state index in [0.717, 1.165) is 51.4 Å². The number of carbonyl (C=O) groups excluding carboxylic acids is 1. The van der Waals surface area contributed by atoms with Crippen molar-refractivity contribution in [3.8, 4) is 6.07 Å². The number of aromatic nitrogens is 1. The van der Waals surface area contributed by atoms with Crippen molar-refractivity contribution in [2.24, 2.45) is 0 Å². The zero-order chi connectivity index (χ0) is 28.3. The highest BCUT2D eigenvalue weighted by atomic mass is 32.1. The van der Waals surface area contributed by atoms with Gasteiger partial charge in [0.05, 0.1) is 4.53 Å². The maximum Gasteiger partial charge on any atom is 0.352 e. The number of thiazole rings is 1. The van der Waals surface area contributed by atoms with Gasteiger partial charge in [-0.05, 0) is 60.2 Å². The molecule has 0 bridgehead atoms. The van der Waals surface area contributed by atoms with E-state index in [9.17, 15) is 24.8 Å². The first kappa shape index (κ1) is 27.6. The first-order valence-corrected chi connectivity index (χ1v) is 13.2. The summed E-state index contributed by atoms with van der Waals surface area (Å²) in [6.07, 6.45) is 3.95. The normalized spacial score (nSPS) is 15.2. The molecule has 200 valence electrons. The second-order valence-electron chi connectivity index (χ2n) is 9.97. The number of nitriles is 1. The Morgan fingerprint density at radius 2 is 1.95 bits per heavy atom. The van der Waals surface area contributed by atoms with Crippen LogP contribution >= 0.6 is 11.3 Å². The van der Waals surface area contributed by atoms with Crippen LogP contribution in [0.5, 0.6) is 0 Å². The molecule has 0 amide bonds. The number of fused-ring (bicyclic) bond motifs is 1. The molecule has 0 atom stereocenters. The molecule has 0 aliphatic carbocycles. The molecule has 0 unspecified atom stereocenters. The Morgan fingerprint density at radius 3 is 2.59 bits per heavy atom. The average molecular weight is 544 g/mol. The van der Waals surface area contributed by atoms with Crippen LogP contribution in [-0.4, -0.2) is 34.8 Å². The van der Waals surface area contributed by atoms with Crippen LogP contribution in [0.25, 0.3) is 11.6 Å². The lowest BCUT2D eigenvalue weighted by Gasteiger charge is -2.40. The lowest BCUT2D eigenvalue weighted by molar-refractivity contribution is -0.138.